The van der Waals surface area contributed by atoms with Crippen LogP contribution in [-0.2, 0) is 18.4 Å². The van der Waals surface area contributed by atoms with E-state index in [1.54, 1.807) is 0 Å². The van der Waals surface area contributed by atoms with Gasteiger partial charge in [0.2, 0.25) is 11.6 Å². The molecular formula is C40H33N2O+. The number of anilines is 1. The number of hydrogen-bond acceptors (Lipinski definition) is 2. The first kappa shape index (κ1) is 25.6. The van der Waals surface area contributed by atoms with Crippen molar-refractivity contribution in [3.8, 4) is 5.75 Å². The Bertz CT molecular complexity index is 2080. The largest absolute Gasteiger partial charge is 0.438 e. The molecule has 2 aliphatic rings. The van der Waals surface area contributed by atoms with E-state index in [2.05, 4.69) is 163 Å². The van der Waals surface area contributed by atoms with Crippen LogP contribution in [0.15, 0.2) is 145 Å². The summed E-state index contributed by atoms with van der Waals surface area (Å²) >= 11 is 0. The fourth-order valence-electron chi connectivity index (χ4n) is 7.17. The lowest BCUT2D eigenvalue weighted by atomic mass is 9.73. The average molecular weight is 558 g/mol. The smallest absolute Gasteiger partial charge is 0.210 e. The summed E-state index contributed by atoms with van der Waals surface area (Å²) in [4.78, 5) is 2.34. The highest BCUT2D eigenvalue weighted by Crippen LogP contribution is 2.48. The molecule has 2 aliphatic heterocycles. The summed E-state index contributed by atoms with van der Waals surface area (Å²) in [5.41, 5.74) is 7.23. The van der Waals surface area contributed by atoms with E-state index in [1.807, 2.05) is 0 Å². The van der Waals surface area contributed by atoms with Gasteiger partial charge in [0.1, 0.15) is 7.05 Å². The fraction of sp³-hybridized carbons (Fsp3) is 0.125. The molecule has 0 fully saturated rings. The molecule has 2 heterocycles. The Hall–Kier alpha value is -5.15. The summed E-state index contributed by atoms with van der Waals surface area (Å²) in [7, 11) is 2.20. The van der Waals surface area contributed by atoms with Crippen LogP contribution >= 0.6 is 0 Å². The van der Waals surface area contributed by atoms with Gasteiger partial charge in [-0.2, -0.15) is 4.58 Å². The highest BCUT2D eigenvalue weighted by Gasteiger charge is 2.49. The molecule has 8 rings (SSSR count). The second kappa shape index (κ2) is 9.99. The summed E-state index contributed by atoms with van der Waals surface area (Å²) < 4.78 is 9.26. The van der Waals surface area contributed by atoms with Gasteiger partial charge in [0.25, 0.3) is 0 Å². The molecule has 0 N–H and O–H groups in total. The van der Waals surface area contributed by atoms with Gasteiger partial charge in [0.15, 0.2) is 11.5 Å². The predicted molar refractivity (Wildman–Crippen MR) is 178 cm³/mol. The molecule has 1 unspecified atom stereocenters. The van der Waals surface area contributed by atoms with E-state index in [0.717, 1.165) is 35.7 Å². The second-order valence-corrected chi connectivity index (χ2v) is 11.9. The van der Waals surface area contributed by atoms with Gasteiger partial charge in [-0.05, 0) is 52.8 Å². The van der Waals surface area contributed by atoms with E-state index >= 15 is 0 Å². The first-order valence-corrected chi connectivity index (χ1v) is 15.0. The Balaban J connectivity index is 1.33. The summed E-state index contributed by atoms with van der Waals surface area (Å²) in [6.07, 6.45) is 3.18. The summed E-state index contributed by atoms with van der Waals surface area (Å²) in [6, 6.07) is 47.7. The third kappa shape index (κ3) is 4.15. The highest BCUT2D eigenvalue weighted by molar-refractivity contribution is 6.09. The molecule has 43 heavy (non-hydrogen) atoms. The van der Waals surface area contributed by atoms with E-state index in [0.29, 0.717) is 0 Å². The maximum Gasteiger partial charge on any atom is 0.210 e. The first-order chi connectivity index (χ1) is 21.1. The van der Waals surface area contributed by atoms with Crippen LogP contribution in [0.4, 0.5) is 11.4 Å². The minimum atomic E-state index is -0.280. The van der Waals surface area contributed by atoms with Crippen molar-refractivity contribution >= 4 is 38.6 Å². The lowest BCUT2D eigenvalue weighted by molar-refractivity contribution is -0.401. The van der Waals surface area contributed by atoms with Crippen molar-refractivity contribution in [2.24, 2.45) is 0 Å². The third-order valence-corrected chi connectivity index (χ3v) is 9.21. The van der Waals surface area contributed by atoms with Crippen molar-refractivity contribution in [1.29, 1.82) is 0 Å². The SMILES string of the molecule is C[N+]1=C(/C=C2\Oc3c(ccc4ccccc34)N2Cc2ccccc2)C(C)(Cc2ccccc2)c2c1ccc1ccccc21. The molecule has 0 aliphatic carbocycles. The third-order valence-electron chi connectivity index (χ3n) is 9.21. The van der Waals surface area contributed by atoms with E-state index in [4.69, 9.17) is 4.74 Å². The molecule has 0 bridgehead atoms. The molecule has 6 aromatic carbocycles. The summed E-state index contributed by atoms with van der Waals surface area (Å²) in [5, 5.41) is 4.89. The normalized spacial score (nSPS) is 18.4. The second-order valence-electron chi connectivity index (χ2n) is 11.9. The Morgan fingerprint density at radius 3 is 2.02 bits per heavy atom. The Labute approximate surface area is 252 Å². The zero-order valence-electron chi connectivity index (χ0n) is 24.5. The molecule has 208 valence electrons. The minimum Gasteiger partial charge on any atom is -0.438 e. The monoisotopic (exact) mass is 557 g/mol. The van der Waals surface area contributed by atoms with Crippen LogP contribution in [0.2, 0.25) is 0 Å². The van der Waals surface area contributed by atoms with Gasteiger partial charge in [0, 0.05) is 17.0 Å². The molecule has 3 heteroatoms. The number of hydrogen-bond donors (Lipinski definition) is 0. The van der Waals surface area contributed by atoms with Crippen molar-refractivity contribution in [3.05, 3.63) is 162 Å². The van der Waals surface area contributed by atoms with Crippen LogP contribution in [0.3, 0.4) is 0 Å². The molecule has 6 aromatic rings. The fourth-order valence-corrected chi connectivity index (χ4v) is 7.17. The van der Waals surface area contributed by atoms with E-state index < -0.39 is 0 Å². The van der Waals surface area contributed by atoms with Crippen molar-refractivity contribution < 1.29 is 9.31 Å². The molecule has 0 saturated heterocycles. The van der Waals surface area contributed by atoms with Crippen molar-refractivity contribution in [2.45, 2.75) is 25.3 Å². The topological polar surface area (TPSA) is 15.5 Å². The number of benzene rings is 6. The van der Waals surface area contributed by atoms with Gasteiger partial charge >= 0.3 is 0 Å². The van der Waals surface area contributed by atoms with Crippen LogP contribution in [0.25, 0.3) is 21.5 Å². The maximum atomic E-state index is 6.88. The average Bonchev–Trinajstić information content (AvgIpc) is 3.50. The van der Waals surface area contributed by atoms with E-state index in [1.165, 1.54) is 44.2 Å². The summed E-state index contributed by atoms with van der Waals surface area (Å²) in [5.74, 6) is 1.78. The Morgan fingerprint density at radius 1 is 0.674 bits per heavy atom. The molecule has 0 amide bonds. The molecule has 0 spiro atoms. The lowest BCUT2D eigenvalue weighted by Gasteiger charge is -2.25. The molecule has 0 aromatic heterocycles. The van der Waals surface area contributed by atoms with Gasteiger partial charge in [-0.25, -0.2) is 0 Å². The lowest BCUT2D eigenvalue weighted by Crippen LogP contribution is -2.34. The molecule has 0 radical (unpaired) electrons. The number of ether oxygens (including phenoxy) is 1. The minimum absolute atomic E-state index is 0.280. The number of nitrogens with zero attached hydrogens (tertiary/aromatic N) is 2. The van der Waals surface area contributed by atoms with Crippen LogP contribution in [-0.4, -0.2) is 17.3 Å². The first-order valence-electron chi connectivity index (χ1n) is 15.0. The zero-order valence-corrected chi connectivity index (χ0v) is 24.5. The summed E-state index contributed by atoms with van der Waals surface area (Å²) in [6.45, 7) is 3.13. The zero-order chi connectivity index (χ0) is 29.0. The quantitative estimate of drug-likeness (QED) is 0.196. The molecule has 1 atom stereocenters. The van der Waals surface area contributed by atoms with E-state index in [9.17, 15) is 0 Å². The van der Waals surface area contributed by atoms with E-state index in [-0.39, 0.29) is 5.41 Å². The van der Waals surface area contributed by atoms with Crippen molar-refractivity contribution in [3.63, 3.8) is 0 Å². The van der Waals surface area contributed by atoms with Gasteiger partial charge in [-0.1, -0.05) is 115 Å². The number of allylic oxidation sites excluding steroid dienone is 1. The van der Waals surface area contributed by atoms with Crippen LogP contribution < -0.4 is 9.64 Å². The van der Waals surface area contributed by atoms with Gasteiger partial charge in [0.05, 0.1) is 23.7 Å². The Morgan fingerprint density at radius 2 is 1.28 bits per heavy atom. The van der Waals surface area contributed by atoms with Crippen LogP contribution in [0.5, 0.6) is 5.75 Å². The van der Waals surface area contributed by atoms with Crippen LogP contribution in [0, 0.1) is 0 Å². The van der Waals surface area contributed by atoms with Crippen molar-refractivity contribution in [2.75, 3.05) is 11.9 Å². The van der Waals surface area contributed by atoms with Gasteiger partial charge < -0.3 is 9.64 Å². The molecule has 0 saturated carbocycles. The maximum absolute atomic E-state index is 6.88. The standard InChI is InChI=1S/C40H33N2O/c1-40(26-28-13-5-3-6-14-28)36(41(2)34-23-21-30-17-9-11-19-32(30)38(34)40)25-37-42(27-29-15-7-4-8-16-29)35-24-22-31-18-10-12-20-33(31)39(35)43-37/h3-25H,26-27H2,1-2H3/q+1. The predicted octanol–water partition coefficient (Wildman–Crippen LogP) is 9.16. The highest BCUT2D eigenvalue weighted by atomic mass is 16.5. The van der Waals surface area contributed by atoms with Gasteiger partial charge in [-0.3, -0.25) is 0 Å². The number of rotatable bonds is 5. The number of fused-ring (bicyclic) bond motifs is 6. The Kier molecular flexibility index (Phi) is 5.94. The molecular weight excluding hydrogens is 524 g/mol. The van der Waals surface area contributed by atoms with Crippen molar-refractivity contribution in [1.82, 2.24) is 0 Å². The van der Waals surface area contributed by atoms with Gasteiger partial charge in [-0.15, -0.1) is 0 Å². The molecule has 3 nitrogen and oxygen atoms in total. The van der Waals surface area contributed by atoms with Crippen LogP contribution in [0.1, 0.15) is 23.6 Å².